The molecule has 0 spiro atoms. The molecule has 2 fully saturated rings. The van der Waals surface area contributed by atoms with Crippen molar-refractivity contribution in [1.82, 2.24) is 10.2 Å². The first-order valence-electron chi connectivity index (χ1n) is 5.42. The maximum absolute atomic E-state index is 5.68. The van der Waals surface area contributed by atoms with Gasteiger partial charge in [0.1, 0.15) is 0 Å². The minimum atomic E-state index is 0.425. The third kappa shape index (κ3) is 2.42. The summed E-state index contributed by atoms with van der Waals surface area (Å²) in [5.74, 6) is 0. The van der Waals surface area contributed by atoms with Crippen LogP contribution in [0.4, 0.5) is 0 Å². The van der Waals surface area contributed by atoms with Crippen molar-refractivity contribution in [2.45, 2.75) is 31.9 Å². The molecule has 3 nitrogen and oxygen atoms in total. The number of likely N-dealkylation sites (tertiary alicyclic amines) is 1. The Morgan fingerprint density at radius 2 is 2.46 bits per heavy atom. The summed E-state index contributed by atoms with van der Waals surface area (Å²) in [6.07, 6.45) is 3.15. The van der Waals surface area contributed by atoms with E-state index in [9.17, 15) is 0 Å². The highest BCUT2D eigenvalue weighted by Gasteiger charge is 2.24. The average molecular weight is 184 g/mol. The summed E-state index contributed by atoms with van der Waals surface area (Å²) in [6, 6.07) is 0.769. The predicted octanol–water partition coefficient (Wildman–Crippen LogP) is 0.459. The Labute approximate surface area is 80.4 Å². The molecule has 3 heteroatoms. The van der Waals surface area contributed by atoms with Gasteiger partial charge in [0.25, 0.3) is 0 Å². The molecule has 2 saturated heterocycles. The molecular weight excluding hydrogens is 164 g/mol. The SMILES string of the molecule is CC1CCCN1CC1CNCCO1. The summed E-state index contributed by atoms with van der Waals surface area (Å²) < 4.78 is 5.68. The Morgan fingerprint density at radius 3 is 3.08 bits per heavy atom. The lowest BCUT2D eigenvalue weighted by molar-refractivity contribution is 0.00432. The number of morpholine rings is 1. The highest BCUT2D eigenvalue weighted by molar-refractivity contribution is 4.79. The van der Waals surface area contributed by atoms with Gasteiger partial charge in [-0.15, -0.1) is 0 Å². The van der Waals surface area contributed by atoms with Crippen LogP contribution in [0.2, 0.25) is 0 Å². The van der Waals surface area contributed by atoms with Gasteiger partial charge in [0.15, 0.2) is 0 Å². The van der Waals surface area contributed by atoms with E-state index in [2.05, 4.69) is 17.1 Å². The van der Waals surface area contributed by atoms with Crippen LogP contribution in [0.1, 0.15) is 19.8 Å². The zero-order valence-electron chi connectivity index (χ0n) is 8.46. The molecule has 2 aliphatic heterocycles. The van der Waals surface area contributed by atoms with Crippen molar-refractivity contribution in [1.29, 1.82) is 0 Å². The maximum atomic E-state index is 5.68. The molecule has 0 amide bonds. The Hall–Kier alpha value is -0.120. The molecule has 2 rings (SSSR count). The Kier molecular flexibility index (Phi) is 3.19. The van der Waals surface area contributed by atoms with E-state index < -0.39 is 0 Å². The van der Waals surface area contributed by atoms with E-state index in [1.54, 1.807) is 0 Å². The van der Waals surface area contributed by atoms with E-state index in [4.69, 9.17) is 4.74 Å². The number of hydrogen-bond donors (Lipinski definition) is 1. The largest absolute Gasteiger partial charge is 0.374 e. The van der Waals surface area contributed by atoms with E-state index in [-0.39, 0.29) is 0 Å². The number of hydrogen-bond acceptors (Lipinski definition) is 3. The zero-order chi connectivity index (χ0) is 9.10. The van der Waals surface area contributed by atoms with Crippen LogP contribution in [0.3, 0.4) is 0 Å². The van der Waals surface area contributed by atoms with Crippen molar-refractivity contribution < 1.29 is 4.74 Å². The van der Waals surface area contributed by atoms with Gasteiger partial charge in [-0.05, 0) is 26.3 Å². The molecule has 0 aromatic carbocycles. The Morgan fingerprint density at radius 1 is 1.54 bits per heavy atom. The summed E-state index contributed by atoms with van der Waals surface area (Å²) in [4.78, 5) is 2.55. The van der Waals surface area contributed by atoms with Crippen molar-refractivity contribution in [3.63, 3.8) is 0 Å². The first-order valence-corrected chi connectivity index (χ1v) is 5.42. The van der Waals surface area contributed by atoms with Crippen LogP contribution in [0.25, 0.3) is 0 Å². The van der Waals surface area contributed by atoms with Gasteiger partial charge in [0, 0.05) is 25.7 Å². The minimum absolute atomic E-state index is 0.425. The smallest absolute Gasteiger partial charge is 0.0826 e. The molecule has 2 heterocycles. The highest BCUT2D eigenvalue weighted by Crippen LogP contribution is 2.17. The summed E-state index contributed by atoms with van der Waals surface area (Å²) in [6.45, 7) is 7.64. The molecule has 0 aromatic heterocycles. The van der Waals surface area contributed by atoms with Gasteiger partial charge in [-0.1, -0.05) is 0 Å². The van der Waals surface area contributed by atoms with Gasteiger partial charge >= 0.3 is 0 Å². The summed E-state index contributed by atoms with van der Waals surface area (Å²) in [5.41, 5.74) is 0. The maximum Gasteiger partial charge on any atom is 0.0826 e. The van der Waals surface area contributed by atoms with E-state index in [1.807, 2.05) is 0 Å². The molecule has 0 saturated carbocycles. The third-order valence-electron chi connectivity index (χ3n) is 3.13. The van der Waals surface area contributed by atoms with Crippen LogP contribution in [0, 0.1) is 0 Å². The van der Waals surface area contributed by atoms with Crippen LogP contribution in [0.5, 0.6) is 0 Å². The summed E-state index contributed by atoms with van der Waals surface area (Å²) in [5, 5.41) is 3.37. The van der Waals surface area contributed by atoms with E-state index in [0.717, 1.165) is 32.3 Å². The number of rotatable bonds is 2. The second-order valence-corrected chi connectivity index (χ2v) is 4.18. The molecule has 13 heavy (non-hydrogen) atoms. The third-order valence-corrected chi connectivity index (χ3v) is 3.13. The standard InChI is InChI=1S/C10H20N2O/c1-9-3-2-5-12(9)8-10-7-11-4-6-13-10/h9-11H,2-8H2,1H3. The fourth-order valence-corrected chi connectivity index (χ4v) is 2.26. The number of ether oxygens (including phenoxy) is 1. The first kappa shape index (κ1) is 9.44. The molecular formula is C10H20N2O. The molecule has 0 radical (unpaired) electrons. The molecule has 76 valence electrons. The van der Waals surface area contributed by atoms with E-state index >= 15 is 0 Å². The van der Waals surface area contributed by atoms with Crippen molar-refractivity contribution in [2.24, 2.45) is 0 Å². The van der Waals surface area contributed by atoms with Crippen LogP contribution in [-0.4, -0.2) is 49.8 Å². The van der Waals surface area contributed by atoms with Crippen molar-refractivity contribution >= 4 is 0 Å². The predicted molar refractivity (Wildman–Crippen MR) is 52.9 cm³/mol. The lowest BCUT2D eigenvalue weighted by Crippen LogP contribution is -2.46. The zero-order valence-corrected chi connectivity index (χ0v) is 8.46. The Balaban J connectivity index is 1.75. The second kappa shape index (κ2) is 4.40. The molecule has 1 N–H and O–H groups in total. The van der Waals surface area contributed by atoms with Crippen LogP contribution in [0.15, 0.2) is 0 Å². The van der Waals surface area contributed by atoms with Crippen LogP contribution < -0.4 is 5.32 Å². The molecule has 2 unspecified atom stereocenters. The van der Waals surface area contributed by atoms with Gasteiger partial charge in [-0.25, -0.2) is 0 Å². The summed E-state index contributed by atoms with van der Waals surface area (Å²) >= 11 is 0. The molecule has 2 aliphatic rings. The monoisotopic (exact) mass is 184 g/mol. The molecule has 0 aliphatic carbocycles. The molecule has 2 atom stereocenters. The fraction of sp³-hybridized carbons (Fsp3) is 1.00. The van der Waals surface area contributed by atoms with Gasteiger partial charge in [-0.2, -0.15) is 0 Å². The fourth-order valence-electron chi connectivity index (χ4n) is 2.26. The average Bonchev–Trinajstić information content (AvgIpc) is 2.54. The van der Waals surface area contributed by atoms with Gasteiger partial charge in [-0.3, -0.25) is 4.90 Å². The number of nitrogens with zero attached hydrogens (tertiary/aromatic N) is 1. The van der Waals surface area contributed by atoms with Crippen molar-refractivity contribution in [3.8, 4) is 0 Å². The van der Waals surface area contributed by atoms with Gasteiger partial charge < -0.3 is 10.1 Å². The highest BCUT2D eigenvalue weighted by atomic mass is 16.5. The summed E-state index contributed by atoms with van der Waals surface area (Å²) in [7, 11) is 0. The van der Waals surface area contributed by atoms with Gasteiger partial charge in [0.05, 0.1) is 12.7 Å². The van der Waals surface area contributed by atoms with Crippen molar-refractivity contribution in [2.75, 3.05) is 32.8 Å². The van der Waals surface area contributed by atoms with E-state index in [0.29, 0.717) is 6.10 Å². The van der Waals surface area contributed by atoms with Gasteiger partial charge in [0.2, 0.25) is 0 Å². The minimum Gasteiger partial charge on any atom is -0.374 e. The lowest BCUT2D eigenvalue weighted by atomic mass is 10.2. The second-order valence-electron chi connectivity index (χ2n) is 4.18. The van der Waals surface area contributed by atoms with Crippen LogP contribution in [-0.2, 0) is 4.74 Å². The topological polar surface area (TPSA) is 24.5 Å². The van der Waals surface area contributed by atoms with Crippen molar-refractivity contribution in [3.05, 3.63) is 0 Å². The van der Waals surface area contributed by atoms with Crippen LogP contribution >= 0.6 is 0 Å². The van der Waals surface area contributed by atoms with E-state index in [1.165, 1.54) is 19.4 Å². The first-order chi connectivity index (χ1) is 6.36. The normalized spacial score (nSPS) is 36.7. The molecule has 0 bridgehead atoms. The Bertz CT molecular complexity index is 157. The lowest BCUT2D eigenvalue weighted by Gasteiger charge is -2.29. The molecule has 0 aromatic rings. The quantitative estimate of drug-likeness (QED) is 0.675. The number of nitrogens with one attached hydrogen (secondary N) is 1.